The second kappa shape index (κ2) is 6.47. The van der Waals surface area contributed by atoms with E-state index in [4.69, 9.17) is 5.73 Å². The summed E-state index contributed by atoms with van der Waals surface area (Å²) in [6, 6.07) is 16.4. The number of aliphatic hydroxyl groups is 1. The first kappa shape index (κ1) is 20.7. The minimum absolute atomic E-state index is 0.0202. The Kier molecular flexibility index (Phi) is 3.84. The Labute approximate surface area is 205 Å². The summed E-state index contributed by atoms with van der Waals surface area (Å²) < 4.78 is 0. The highest BCUT2D eigenvalue weighted by molar-refractivity contribution is 5.94. The van der Waals surface area contributed by atoms with Gasteiger partial charge in [-0.05, 0) is 78.3 Å². The number of hydrogen-bond donors (Lipinski definition) is 3. The number of aromatic hydroxyl groups is 1. The Bertz CT molecular complexity index is 1250. The largest absolute Gasteiger partial charge is 0.508 e. The summed E-state index contributed by atoms with van der Waals surface area (Å²) in [4.78, 5) is 18.4. The normalized spacial score (nSPS) is 42.4. The van der Waals surface area contributed by atoms with Crippen molar-refractivity contribution in [1.82, 2.24) is 9.80 Å². The third-order valence-corrected chi connectivity index (χ3v) is 11.2. The van der Waals surface area contributed by atoms with E-state index in [2.05, 4.69) is 21.9 Å². The molecule has 182 valence electrons. The van der Waals surface area contributed by atoms with E-state index in [0.717, 1.165) is 50.9 Å². The zero-order valence-corrected chi connectivity index (χ0v) is 19.9. The van der Waals surface area contributed by atoms with Crippen molar-refractivity contribution >= 4 is 5.91 Å². The van der Waals surface area contributed by atoms with Crippen LogP contribution in [0.25, 0.3) is 0 Å². The molecule has 2 aromatic rings. The molecule has 2 heterocycles. The number of amides is 1. The molecule has 6 unspecified atom stereocenters. The van der Waals surface area contributed by atoms with Gasteiger partial charge >= 0.3 is 0 Å². The van der Waals surface area contributed by atoms with Crippen LogP contribution in [0.2, 0.25) is 0 Å². The summed E-state index contributed by atoms with van der Waals surface area (Å²) in [5.74, 6) is 1.50. The number of benzene rings is 2. The van der Waals surface area contributed by atoms with E-state index < -0.39 is 0 Å². The van der Waals surface area contributed by atoms with Gasteiger partial charge in [0, 0.05) is 54.2 Å². The quantitative estimate of drug-likeness (QED) is 0.636. The van der Waals surface area contributed by atoms with Gasteiger partial charge in [0.25, 0.3) is 5.91 Å². The number of aliphatic hydroxyl groups excluding tert-OH is 1. The SMILES string of the molecule is N[C@H](CO)CN1CC23Cc4ccc(O)cc4C24C2C5CCC4(C[C@@H]2CN5C(=O)c2ccccc2)C13. The van der Waals surface area contributed by atoms with Gasteiger partial charge in [0.2, 0.25) is 0 Å². The first-order valence-electron chi connectivity index (χ1n) is 13.3. The highest BCUT2D eigenvalue weighted by Crippen LogP contribution is 2.90. The van der Waals surface area contributed by atoms with E-state index in [1.54, 1.807) is 0 Å². The first-order valence-corrected chi connectivity index (χ1v) is 13.3. The van der Waals surface area contributed by atoms with E-state index in [1.165, 1.54) is 11.1 Å². The number of rotatable bonds is 4. The number of nitrogens with two attached hydrogens (primary N) is 1. The molecule has 4 N–H and O–H groups in total. The minimum atomic E-state index is -0.206. The van der Waals surface area contributed by atoms with Crippen molar-refractivity contribution in [2.75, 3.05) is 26.2 Å². The van der Waals surface area contributed by atoms with Crippen LogP contribution in [-0.4, -0.2) is 70.3 Å². The van der Waals surface area contributed by atoms with Crippen molar-refractivity contribution < 1.29 is 15.0 Å². The van der Waals surface area contributed by atoms with Gasteiger partial charge in [-0.15, -0.1) is 0 Å². The summed E-state index contributed by atoms with van der Waals surface area (Å²) in [7, 11) is 0. The maximum Gasteiger partial charge on any atom is 0.254 e. The van der Waals surface area contributed by atoms with Crippen molar-refractivity contribution in [2.45, 2.75) is 49.2 Å². The fourth-order valence-corrected chi connectivity index (χ4v) is 11.0. The van der Waals surface area contributed by atoms with Crippen LogP contribution < -0.4 is 5.73 Å². The Morgan fingerprint density at radius 1 is 1.17 bits per heavy atom. The number of likely N-dealkylation sites (tertiary alicyclic amines) is 2. The van der Waals surface area contributed by atoms with Crippen molar-refractivity contribution in [3.05, 3.63) is 65.2 Å². The molecule has 8 atom stereocenters. The molecule has 6 nitrogen and oxygen atoms in total. The average molecular weight is 472 g/mol. The molecular weight excluding hydrogens is 438 g/mol. The first-order chi connectivity index (χ1) is 17.0. The molecule has 3 saturated carbocycles. The molecular formula is C29H33N3O3. The molecule has 1 amide bonds. The van der Waals surface area contributed by atoms with Crippen molar-refractivity contribution in [3.63, 3.8) is 0 Å². The zero-order valence-electron chi connectivity index (χ0n) is 19.9. The van der Waals surface area contributed by atoms with Crippen LogP contribution in [0.4, 0.5) is 0 Å². The number of fused-ring (bicyclic) bond motifs is 1. The molecule has 35 heavy (non-hydrogen) atoms. The van der Waals surface area contributed by atoms with Crippen LogP contribution in [0, 0.1) is 22.7 Å². The maximum atomic E-state index is 13.7. The lowest BCUT2D eigenvalue weighted by atomic mass is 9.27. The number of hydrogen-bond acceptors (Lipinski definition) is 5. The Hall–Kier alpha value is -2.41. The molecule has 2 aliphatic heterocycles. The molecule has 0 aromatic heterocycles. The van der Waals surface area contributed by atoms with E-state index >= 15 is 0 Å². The summed E-state index contributed by atoms with van der Waals surface area (Å²) >= 11 is 0. The molecule has 2 bridgehead atoms. The third-order valence-electron chi connectivity index (χ3n) is 11.2. The molecule has 4 aliphatic carbocycles. The predicted molar refractivity (Wildman–Crippen MR) is 131 cm³/mol. The topological polar surface area (TPSA) is 90.0 Å². The monoisotopic (exact) mass is 471 g/mol. The second-order valence-electron chi connectivity index (χ2n) is 12.3. The summed E-state index contributed by atoms with van der Waals surface area (Å²) in [6.07, 6.45) is 4.39. The lowest BCUT2D eigenvalue weighted by Gasteiger charge is -2.84. The highest BCUT2D eigenvalue weighted by atomic mass is 16.3. The molecule has 0 radical (unpaired) electrons. The van der Waals surface area contributed by atoms with Crippen molar-refractivity contribution in [2.24, 2.45) is 28.4 Å². The number of phenolic OH excluding ortho intramolecular Hbond substituents is 1. The van der Waals surface area contributed by atoms with Gasteiger partial charge in [0.05, 0.1) is 6.61 Å². The van der Waals surface area contributed by atoms with Crippen molar-refractivity contribution in [1.29, 1.82) is 0 Å². The fourth-order valence-electron chi connectivity index (χ4n) is 11.0. The number of nitrogens with zero attached hydrogens (tertiary/aromatic N) is 2. The van der Waals surface area contributed by atoms with Crippen LogP contribution in [-0.2, 0) is 11.8 Å². The van der Waals surface area contributed by atoms with E-state index in [9.17, 15) is 15.0 Å². The minimum Gasteiger partial charge on any atom is -0.508 e. The Balaban J connectivity index is 1.25. The van der Waals surface area contributed by atoms with Gasteiger partial charge in [0.1, 0.15) is 5.75 Å². The van der Waals surface area contributed by atoms with Crippen LogP contribution in [0.15, 0.2) is 48.5 Å². The van der Waals surface area contributed by atoms with Crippen LogP contribution in [0.5, 0.6) is 5.75 Å². The van der Waals surface area contributed by atoms with Gasteiger partial charge < -0.3 is 20.8 Å². The lowest BCUT2D eigenvalue weighted by Crippen LogP contribution is -2.91. The third kappa shape index (κ3) is 2.07. The van der Waals surface area contributed by atoms with Gasteiger partial charge in [-0.2, -0.15) is 0 Å². The van der Waals surface area contributed by atoms with E-state index in [0.29, 0.717) is 23.6 Å². The molecule has 6 heteroatoms. The molecule has 2 spiro atoms. The van der Waals surface area contributed by atoms with Gasteiger partial charge in [-0.1, -0.05) is 24.3 Å². The van der Waals surface area contributed by atoms with Crippen LogP contribution in [0.1, 0.15) is 40.7 Å². The standard InChI is InChI=1S/C29H33N3O3/c30-20(15-33)14-31-16-28-11-18-6-7-21(34)10-22(18)29(28)24-19-12-27(29,26(28)31)9-8-23(24)32(13-19)25(35)17-4-2-1-3-5-17/h1-7,10,19-20,23-24,26,33-34H,8-9,11-16,30H2/t19-,20+,23?,24?,26?,27?,28?,29?/m1/s1. The molecule has 8 rings (SSSR count). The lowest BCUT2D eigenvalue weighted by molar-refractivity contribution is -0.323. The molecule has 2 aromatic carbocycles. The summed E-state index contributed by atoms with van der Waals surface area (Å²) in [6.45, 7) is 2.62. The van der Waals surface area contributed by atoms with E-state index in [1.807, 2.05) is 36.4 Å². The Morgan fingerprint density at radius 3 is 2.80 bits per heavy atom. The van der Waals surface area contributed by atoms with Crippen LogP contribution >= 0.6 is 0 Å². The molecule has 5 fully saturated rings. The highest BCUT2D eigenvalue weighted by Gasteiger charge is 2.93. The summed E-state index contributed by atoms with van der Waals surface area (Å²) in [5, 5.41) is 20.2. The smallest absolute Gasteiger partial charge is 0.254 e. The van der Waals surface area contributed by atoms with Crippen LogP contribution in [0.3, 0.4) is 0 Å². The average Bonchev–Trinajstić information content (AvgIpc) is 3.37. The van der Waals surface area contributed by atoms with Gasteiger partial charge in [0.15, 0.2) is 0 Å². The van der Waals surface area contributed by atoms with E-state index in [-0.39, 0.29) is 40.8 Å². The second-order valence-corrected chi connectivity index (χ2v) is 12.3. The van der Waals surface area contributed by atoms with Crippen molar-refractivity contribution in [3.8, 4) is 5.75 Å². The maximum absolute atomic E-state index is 13.7. The number of carbonyl (C=O) groups excluding carboxylic acids is 1. The number of phenols is 1. The number of piperidine rings is 1. The van der Waals surface area contributed by atoms with Gasteiger partial charge in [-0.3, -0.25) is 9.69 Å². The molecule has 6 aliphatic rings. The van der Waals surface area contributed by atoms with Gasteiger partial charge in [-0.25, -0.2) is 0 Å². The predicted octanol–water partition coefficient (Wildman–Crippen LogP) is 2.13. The fraction of sp³-hybridized carbons (Fsp3) is 0.552. The number of carbonyl (C=O) groups is 1. The Morgan fingerprint density at radius 2 is 2.00 bits per heavy atom. The zero-order chi connectivity index (χ0) is 23.7. The molecule has 2 saturated heterocycles. The summed E-state index contributed by atoms with van der Waals surface area (Å²) in [5.41, 5.74) is 10.2.